The molecule has 2 aromatic carbocycles. The van der Waals surface area contributed by atoms with Crippen LogP contribution in [-0.2, 0) is 0 Å². The first kappa shape index (κ1) is 17.9. The number of rotatable bonds is 2. The molecule has 0 fully saturated rings. The summed E-state index contributed by atoms with van der Waals surface area (Å²) in [6.07, 6.45) is 0. The van der Waals surface area contributed by atoms with E-state index in [-0.39, 0.29) is 28.5 Å². The fourth-order valence-electron chi connectivity index (χ4n) is 3.54. The zero-order valence-corrected chi connectivity index (χ0v) is 15.7. The monoisotopic (exact) mass is 374 g/mol. The number of carbonyl (C=O) groups is 3. The minimum absolute atomic E-state index is 0.0445. The van der Waals surface area contributed by atoms with Gasteiger partial charge in [-0.25, -0.2) is 4.98 Å². The highest BCUT2D eigenvalue weighted by Crippen LogP contribution is 2.38. The van der Waals surface area contributed by atoms with Gasteiger partial charge in [-0.1, -0.05) is 11.6 Å². The zero-order chi connectivity index (χ0) is 20.2. The van der Waals surface area contributed by atoms with E-state index in [0.29, 0.717) is 11.1 Å². The topological polar surface area (TPSA) is 87.6 Å². The predicted molar refractivity (Wildman–Crippen MR) is 104 cm³/mol. The molecule has 1 unspecified atom stereocenters. The van der Waals surface area contributed by atoms with Crippen LogP contribution in [-0.4, -0.2) is 46.6 Å². The third-order valence-electron chi connectivity index (χ3n) is 4.98. The molecule has 1 amide bonds. The number of aromatic hydroxyl groups is 1. The van der Waals surface area contributed by atoms with E-state index in [4.69, 9.17) is 0 Å². The fourth-order valence-corrected chi connectivity index (χ4v) is 3.54. The van der Waals surface area contributed by atoms with Gasteiger partial charge in [0.15, 0.2) is 11.6 Å². The van der Waals surface area contributed by atoms with Crippen LogP contribution in [0.5, 0.6) is 5.75 Å². The highest BCUT2D eigenvalue weighted by molar-refractivity contribution is 6.30. The molecule has 140 valence electrons. The van der Waals surface area contributed by atoms with E-state index in [9.17, 15) is 19.5 Å². The van der Waals surface area contributed by atoms with Crippen LogP contribution < -0.4 is 0 Å². The van der Waals surface area contributed by atoms with Gasteiger partial charge in [0, 0.05) is 36.2 Å². The van der Waals surface area contributed by atoms with Crippen LogP contribution in [0.3, 0.4) is 0 Å². The second-order valence-electron chi connectivity index (χ2n) is 7.21. The van der Waals surface area contributed by atoms with Crippen molar-refractivity contribution in [1.82, 2.24) is 9.88 Å². The molecule has 0 radical (unpaired) electrons. The highest BCUT2D eigenvalue weighted by atomic mass is 16.3. The lowest BCUT2D eigenvalue weighted by molar-refractivity contribution is 0.0826. The molecular formula is C22H18N2O4. The SMILES string of the molecule is Cc1ccc2nc(C3C(=O)c4ccc(C(=O)N(C)C)cc4C3=O)c(O)cc2c1. The first-order valence-electron chi connectivity index (χ1n) is 8.82. The summed E-state index contributed by atoms with van der Waals surface area (Å²) in [5.41, 5.74) is 2.42. The maximum atomic E-state index is 13.0. The van der Waals surface area contributed by atoms with Crippen molar-refractivity contribution in [2.45, 2.75) is 12.8 Å². The number of aromatic nitrogens is 1. The Hall–Kier alpha value is -3.54. The Bertz CT molecular complexity index is 1180. The Morgan fingerprint density at radius 3 is 2.43 bits per heavy atom. The van der Waals surface area contributed by atoms with E-state index >= 15 is 0 Å². The van der Waals surface area contributed by atoms with Crippen molar-refractivity contribution in [2.24, 2.45) is 0 Å². The summed E-state index contributed by atoms with van der Waals surface area (Å²) in [6, 6.07) is 11.5. The maximum Gasteiger partial charge on any atom is 0.253 e. The number of hydrogen-bond acceptors (Lipinski definition) is 5. The number of hydrogen-bond donors (Lipinski definition) is 1. The number of aryl methyl sites for hydroxylation is 1. The van der Waals surface area contributed by atoms with Crippen LogP contribution in [0.2, 0.25) is 0 Å². The molecule has 1 heterocycles. The molecule has 6 heteroatoms. The molecule has 0 saturated carbocycles. The van der Waals surface area contributed by atoms with E-state index in [1.165, 1.54) is 29.2 Å². The molecule has 4 rings (SSSR count). The lowest BCUT2D eigenvalue weighted by Gasteiger charge is -2.11. The van der Waals surface area contributed by atoms with Crippen molar-refractivity contribution in [3.8, 4) is 5.75 Å². The Balaban J connectivity index is 1.81. The molecule has 1 atom stereocenters. The molecule has 28 heavy (non-hydrogen) atoms. The minimum Gasteiger partial charge on any atom is -0.506 e. The van der Waals surface area contributed by atoms with Gasteiger partial charge in [-0.15, -0.1) is 0 Å². The van der Waals surface area contributed by atoms with Crippen molar-refractivity contribution in [2.75, 3.05) is 14.1 Å². The largest absolute Gasteiger partial charge is 0.506 e. The average Bonchev–Trinajstić information content (AvgIpc) is 2.90. The number of amides is 1. The smallest absolute Gasteiger partial charge is 0.253 e. The van der Waals surface area contributed by atoms with Gasteiger partial charge < -0.3 is 10.0 Å². The van der Waals surface area contributed by atoms with Gasteiger partial charge in [-0.2, -0.15) is 0 Å². The van der Waals surface area contributed by atoms with Crippen molar-refractivity contribution in [3.63, 3.8) is 0 Å². The third-order valence-corrected chi connectivity index (χ3v) is 4.98. The Kier molecular flexibility index (Phi) is 4.00. The first-order valence-corrected chi connectivity index (χ1v) is 8.82. The molecule has 0 aliphatic heterocycles. The lowest BCUT2D eigenvalue weighted by atomic mass is 9.97. The molecule has 1 aliphatic rings. The normalized spacial score (nSPS) is 15.8. The van der Waals surface area contributed by atoms with E-state index in [0.717, 1.165) is 10.9 Å². The Morgan fingerprint density at radius 1 is 1.00 bits per heavy atom. The maximum absolute atomic E-state index is 13.0. The molecule has 3 aromatic rings. The van der Waals surface area contributed by atoms with E-state index in [1.54, 1.807) is 20.2 Å². The van der Waals surface area contributed by atoms with Crippen molar-refractivity contribution in [3.05, 3.63) is 70.4 Å². The number of benzene rings is 2. The van der Waals surface area contributed by atoms with Crippen LogP contribution in [0.25, 0.3) is 10.9 Å². The molecule has 6 nitrogen and oxygen atoms in total. The summed E-state index contributed by atoms with van der Waals surface area (Å²) >= 11 is 0. The second-order valence-corrected chi connectivity index (χ2v) is 7.21. The van der Waals surface area contributed by atoms with Crippen LogP contribution in [0, 0.1) is 6.92 Å². The van der Waals surface area contributed by atoms with Gasteiger partial charge in [0.05, 0.1) is 5.52 Å². The predicted octanol–water partition coefficient (Wildman–Crippen LogP) is 3.11. The number of carbonyl (C=O) groups excluding carboxylic acids is 3. The number of Topliss-reactive ketones (excluding diaryl/α,β-unsaturated/α-hetero) is 2. The fraction of sp³-hybridized carbons (Fsp3) is 0.182. The summed E-state index contributed by atoms with van der Waals surface area (Å²) in [7, 11) is 3.23. The molecule has 0 spiro atoms. The van der Waals surface area contributed by atoms with Gasteiger partial charge >= 0.3 is 0 Å². The van der Waals surface area contributed by atoms with Crippen LogP contribution >= 0.6 is 0 Å². The van der Waals surface area contributed by atoms with E-state index in [2.05, 4.69) is 4.98 Å². The number of ketones is 2. The van der Waals surface area contributed by atoms with E-state index < -0.39 is 17.5 Å². The third kappa shape index (κ3) is 2.65. The first-order chi connectivity index (χ1) is 13.3. The average molecular weight is 374 g/mol. The second kappa shape index (κ2) is 6.27. The van der Waals surface area contributed by atoms with Gasteiger partial charge in [0.1, 0.15) is 17.4 Å². The van der Waals surface area contributed by atoms with Crippen LogP contribution in [0.15, 0.2) is 42.5 Å². The number of fused-ring (bicyclic) bond motifs is 2. The van der Waals surface area contributed by atoms with Crippen LogP contribution in [0.4, 0.5) is 0 Å². The van der Waals surface area contributed by atoms with Crippen molar-refractivity contribution < 1.29 is 19.5 Å². The summed E-state index contributed by atoms with van der Waals surface area (Å²) in [6.45, 7) is 1.93. The summed E-state index contributed by atoms with van der Waals surface area (Å²) in [5, 5.41) is 11.2. The Labute approximate surface area is 161 Å². The summed E-state index contributed by atoms with van der Waals surface area (Å²) < 4.78 is 0. The standard InChI is InChI=1S/C22H18N2O4/c1-11-4-7-16-13(8-11)10-17(25)19(23-16)18-20(26)14-6-5-12(22(28)24(2)3)9-15(14)21(18)27/h4-10,18,25H,1-3H3. The van der Waals surface area contributed by atoms with Crippen LogP contribution in [0.1, 0.15) is 48.2 Å². The minimum atomic E-state index is -1.20. The van der Waals surface area contributed by atoms with Gasteiger partial charge in [-0.05, 0) is 43.3 Å². The quantitative estimate of drug-likeness (QED) is 0.697. The highest BCUT2D eigenvalue weighted by Gasteiger charge is 2.42. The van der Waals surface area contributed by atoms with Crippen molar-refractivity contribution >= 4 is 28.4 Å². The van der Waals surface area contributed by atoms with Gasteiger partial charge in [0.25, 0.3) is 5.91 Å². The molecule has 1 N–H and O–H groups in total. The number of pyridine rings is 1. The Morgan fingerprint density at radius 2 is 1.71 bits per heavy atom. The lowest BCUT2D eigenvalue weighted by Crippen LogP contribution is -2.21. The van der Waals surface area contributed by atoms with E-state index in [1.807, 2.05) is 19.1 Å². The molecule has 0 saturated heterocycles. The van der Waals surface area contributed by atoms with Gasteiger partial charge in [0.2, 0.25) is 0 Å². The zero-order valence-electron chi connectivity index (χ0n) is 15.7. The summed E-state index contributed by atoms with van der Waals surface area (Å²) in [5.74, 6) is -2.53. The molecule has 1 aromatic heterocycles. The molecular weight excluding hydrogens is 356 g/mol. The molecule has 0 bridgehead atoms. The van der Waals surface area contributed by atoms with Crippen molar-refractivity contribution in [1.29, 1.82) is 0 Å². The number of nitrogens with zero attached hydrogens (tertiary/aromatic N) is 2. The summed E-state index contributed by atoms with van der Waals surface area (Å²) in [4.78, 5) is 43.9. The van der Waals surface area contributed by atoms with Gasteiger partial charge in [-0.3, -0.25) is 14.4 Å². The molecule has 1 aliphatic carbocycles.